The van der Waals surface area contributed by atoms with E-state index in [1.165, 1.54) is 25.4 Å². The molecule has 0 atom stereocenters. The molecule has 0 bridgehead atoms. The van der Waals surface area contributed by atoms with Crippen LogP contribution in [0.1, 0.15) is 5.69 Å². The first-order chi connectivity index (χ1) is 9.02. The van der Waals surface area contributed by atoms with Crippen molar-refractivity contribution >= 4 is 5.69 Å². The van der Waals surface area contributed by atoms with Crippen LogP contribution in [0.25, 0.3) is 11.1 Å². The number of hydrogen-bond donors (Lipinski definition) is 0. The third kappa shape index (κ3) is 2.44. The molecular formula is C12H11N3O4. The van der Waals surface area contributed by atoms with Gasteiger partial charge in [-0.25, -0.2) is 0 Å². The van der Waals surface area contributed by atoms with E-state index in [1.807, 2.05) is 0 Å². The fourth-order valence-electron chi connectivity index (χ4n) is 1.70. The lowest BCUT2D eigenvalue weighted by molar-refractivity contribution is -0.675. The lowest BCUT2D eigenvalue weighted by Gasteiger charge is -2.08. The summed E-state index contributed by atoms with van der Waals surface area (Å²) in [5, 5.41) is 25.6. The molecule has 0 spiro atoms. The topological polar surface area (TPSA) is 92.2 Å². The number of non-ortho nitro benzene ring substituents is 1. The van der Waals surface area contributed by atoms with Gasteiger partial charge in [0.1, 0.15) is 11.9 Å². The second kappa shape index (κ2) is 4.89. The van der Waals surface area contributed by atoms with Gasteiger partial charge in [0.2, 0.25) is 5.69 Å². The average Bonchev–Trinajstić information content (AvgIpc) is 2.41. The van der Waals surface area contributed by atoms with Gasteiger partial charge in [0.25, 0.3) is 5.69 Å². The van der Waals surface area contributed by atoms with Crippen LogP contribution in [0.15, 0.2) is 30.5 Å². The van der Waals surface area contributed by atoms with E-state index in [2.05, 4.69) is 5.10 Å². The van der Waals surface area contributed by atoms with E-state index in [-0.39, 0.29) is 5.69 Å². The summed E-state index contributed by atoms with van der Waals surface area (Å²) >= 11 is 0. The third-order valence-corrected chi connectivity index (χ3v) is 2.67. The first-order valence-electron chi connectivity index (χ1n) is 5.42. The van der Waals surface area contributed by atoms with Gasteiger partial charge in [0.05, 0.1) is 18.1 Å². The minimum atomic E-state index is -0.494. The summed E-state index contributed by atoms with van der Waals surface area (Å²) in [6, 6.07) is 5.93. The molecule has 0 saturated heterocycles. The summed E-state index contributed by atoms with van der Waals surface area (Å²) < 4.78 is 5.14. The Kier molecular flexibility index (Phi) is 3.28. The lowest BCUT2D eigenvalue weighted by Crippen LogP contribution is -2.34. The minimum absolute atomic E-state index is 0.0555. The molecule has 0 aliphatic rings. The minimum Gasteiger partial charge on any atom is -0.594 e. The zero-order valence-electron chi connectivity index (χ0n) is 10.4. The SMILES string of the molecule is COc1cc([N+](=O)[O-])ccc1-c1cn[n+]([O-])c(C)c1. The molecule has 2 aromatic rings. The standard InChI is InChI=1S/C12H11N3O4/c1-8-5-9(7-13-14(8)16)11-4-3-10(15(17)18)6-12(11)19-2/h3-7H,1-2H3. The molecule has 1 heterocycles. The van der Waals surface area contributed by atoms with Crippen LogP contribution in [0.4, 0.5) is 5.69 Å². The van der Waals surface area contributed by atoms with Crippen LogP contribution < -0.4 is 9.58 Å². The third-order valence-electron chi connectivity index (χ3n) is 2.67. The number of nitro benzene ring substituents is 1. The van der Waals surface area contributed by atoms with Gasteiger partial charge in [0, 0.05) is 35.3 Å². The Morgan fingerprint density at radius 3 is 2.68 bits per heavy atom. The van der Waals surface area contributed by atoms with Crippen molar-refractivity contribution in [3.8, 4) is 16.9 Å². The van der Waals surface area contributed by atoms with Crippen molar-refractivity contribution in [2.24, 2.45) is 0 Å². The van der Waals surface area contributed by atoms with E-state index >= 15 is 0 Å². The van der Waals surface area contributed by atoms with Gasteiger partial charge >= 0.3 is 0 Å². The van der Waals surface area contributed by atoms with Gasteiger partial charge in [-0.3, -0.25) is 10.1 Å². The van der Waals surface area contributed by atoms with E-state index in [4.69, 9.17) is 4.74 Å². The fourth-order valence-corrected chi connectivity index (χ4v) is 1.70. The van der Waals surface area contributed by atoms with Gasteiger partial charge in [0.15, 0.2) is 0 Å². The van der Waals surface area contributed by atoms with E-state index in [9.17, 15) is 15.3 Å². The Hall–Kier alpha value is -2.70. The molecule has 7 heteroatoms. The van der Waals surface area contributed by atoms with Crippen molar-refractivity contribution in [3.63, 3.8) is 0 Å². The number of nitro groups is 1. The van der Waals surface area contributed by atoms with Crippen LogP contribution in [0.3, 0.4) is 0 Å². The number of nitrogens with zero attached hydrogens (tertiary/aromatic N) is 3. The Labute approximate surface area is 108 Å². The predicted octanol–water partition coefficient (Wildman–Crippen LogP) is 1.61. The van der Waals surface area contributed by atoms with Crippen molar-refractivity contribution < 1.29 is 14.5 Å². The zero-order chi connectivity index (χ0) is 14.0. The highest BCUT2D eigenvalue weighted by atomic mass is 16.6. The van der Waals surface area contributed by atoms with Crippen molar-refractivity contribution in [2.45, 2.75) is 6.92 Å². The molecule has 7 nitrogen and oxygen atoms in total. The Balaban J connectivity index is 2.55. The van der Waals surface area contributed by atoms with Crippen molar-refractivity contribution in [1.82, 2.24) is 5.10 Å². The van der Waals surface area contributed by atoms with Crippen LogP contribution in [0.5, 0.6) is 5.75 Å². The second-order valence-electron chi connectivity index (χ2n) is 3.90. The van der Waals surface area contributed by atoms with Gasteiger partial charge < -0.3 is 9.94 Å². The highest BCUT2D eigenvalue weighted by Crippen LogP contribution is 2.32. The highest BCUT2D eigenvalue weighted by Gasteiger charge is 2.14. The quantitative estimate of drug-likeness (QED) is 0.362. The number of hydrogen-bond acceptors (Lipinski definition) is 5. The molecule has 0 fully saturated rings. The summed E-state index contributed by atoms with van der Waals surface area (Å²) in [5.41, 5.74) is 1.68. The Bertz CT molecular complexity index is 643. The molecule has 98 valence electrons. The number of aryl methyl sites for hydroxylation is 1. The van der Waals surface area contributed by atoms with Crippen molar-refractivity contribution in [2.75, 3.05) is 7.11 Å². The number of methoxy groups -OCH3 is 1. The molecule has 0 radical (unpaired) electrons. The van der Waals surface area contributed by atoms with Gasteiger partial charge in [-0.1, -0.05) is 4.85 Å². The molecule has 1 aromatic heterocycles. The van der Waals surface area contributed by atoms with E-state index in [0.29, 0.717) is 27.4 Å². The van der Waals surface area contributed by atoms with Crippen molar-refractivity contribution in [3.05, 3.63) is 51.5 Å². The van der Waals surface area contributed by atoms with Crippen molar-refractivity contribution in [1.29, 1.82) is 0 Å². The van der Waals surface area contributed by atoms with Gasteiger partial charge in [-0.2, -0.15) is 0 Å². The molecule has 0 amide bonds. The molecule has 19 heavy (non-hydrogen) atoms. The molecular weight excluding hydrogens is 250 g/mol. The molecule has 0 aliphatic carbocycles. The molecule has 1 aromatic carbocycles. The smallest absolute Gasteiger partial charge is 0.273 e. The molecule has 0 N–H and O–H groups in total. The van der Waals surface area contributed by atoms with Gasteiger partial charge in [-0.15, -0.1) is 0 Å². The Morgan fingerprint density at radius 1 is 1.37 bits per heavy atom. The summed E-state index contributed by atoms with van der Waals surface area (Å²) in [4.78, 5) is 10.7. The summed E-state index contributed by atoms with van der Waals surface area (Å²) in [6.07, 6.45) is 1.39. The molecule has 2 rings (SSSR count). The maximum Gasteiger partial charge on any atom is 0.273 e. The normalized spacial score (nSPS) is 10.2. The number of benzene rings is 1. The zero-order valence-corrected chi connectivity index (χ0v) is 10.4. The van der Waals surface area contributed by atoms with Crippen LogP contribution in [-0.2, 0) is 0 Å². The maximum atomic E-state index is 11.2. The van der Waals surface area contributed by atoms with Crippen LogP contribution in [0.2, 0.25) is 0 Å². The molecule has 0 aliphatic heterocycles. The van der Waals surface area contributed by atoms with Crippen LogP contribution in [0, 0.1) is 22.2 Å². The van der Waals surface area contributed by atoms with Gasteiger partial charge in [-0.05, 0) is 6.07 Å². The maximum absolute atomic E-state index is 11.2. The number of aromatic nitrogens is 2. The highest BCUT2D eigenvalue weighted by molar-refractivity contribution is 5.71. The van der Waals surface area contributed by atoms with E-state index in [0.717, 1.165) is 0 Å². The Morgan fingerprint density at radius 2 is 2.11 bits per heavy atom. The second-order valence-corrected chi connectivity index (χ2v) is 3.90. The number of rotatable bonds is 3. The fraction of sp³-hybridized carbons (Fsp3) is 0.167. The summed E-state index contributed by atoms with van der Waals surface area (Å²) in [7, 11) is 1.43. The summed E-state index contributed by atoms with van der Waals surface area (Å²) in [6.45, 7) is 1.63. The predicted molar refractivity (Wildman–Crippen MR) is 66.6 cm³/mol. The first-order valence-corrected chi connectivity index (χ1v) is 5.42. The average molecular weight is 261 g/mol. The van der Waals surface area contributed by atoms with Crippen LogP contribution >= 0.6 is 0 Å². The number of ether oxygens (including phenoxy) is 1. The lowest BCUT2D eigenvalue weighted by atomic mass is 10.1. The first kappa shape index (κ1) is 12.7. The molecule has 0 saturated carbocycles. The monoisotopic (exact) mass is 261 g/mol. The molecule has 0 unspecified atom stereocenters. The van der Waals surface area contributed by atoms with E-state index < -0.39 is 4.92 Å². The summed E-state index contributed by atoms with van der Waals surface area (Å²) in [5.74, 6) is 0.360. The van der Waals surface area contributed by atoms with E-state index in [1.54, 1.807) is 19.1 Å². The van der Waals surface area contributed by atoms with Crippen LogP contribution in [-0.4, -0.2) is 17.1 Å². The largest absolute Gasteiger partial charge is 0.594 e.